The molecule has 4 unspecified atom stereocenters. The third-order valence-corrected chi connectivity index (χ3v) is 12.4. The molecule has 0 aliphatic carbocycles. The van der Waals surface area contributed by atoms with Crippen molar-refractivity contribution >= 4 is 13.7 Å². The van der Waals surface area contributed by atoms with Gasteiger partial charge in [-0.25, -0.2) is 4.57 Å². The van der Waals surface area contributed by atoms with Crippen molar-refractivity contribution < 1.29 is 38.0 Å². The van der Waals surface area contributed by atoms with Gasteiger partial charge in [-0.05, 0) is 90.4 Å². The van der Waals surface area contributed by atoms with Crippen LogP contribution in [0.2, 0.25) is 0 Å². The maximum absolute atomic E-state index is 13.0. The number of allylic oxidation sites excluding steroid dienone is 10. The van der Waals surface area contributed by atoms with Crippen LogP contribution in [0, 0.1) is 0 Å². The molecule has 4 N–H and O–H groups in total. The van der Waals surface area contributed by atoms with Crippen LogP contribution in [0.5, 0.6) is 0 Å². The van der Waals surface area contributed by atoms with E-state index in [0.29, 0.717) is 23.9 Å². The van der Waals surface area contributed by atoms with Gasteiger partial charge in [0.25, 0.3) is 0 Å². The van der Waals surface area contributed by atoms with Gasteiger partial charge >= 0.3 is 7.82 Å². The Bertz CT molecular complexity index is 1230. The Morgan fingerprint density at radius 1 is 0.587 bits per heavy atom. The predicted octanol–water partition coefficient (Wildman–Crippen LogP) is 13.9. The zero-order valence-corrected chi connectivity index (χ0v) is 42.3. The van der Waals surface area contributed by atoms with Gasteiger partial charge in [0.2, 0.25) is 5.91 Å². The molecule has 0 bridgehead atoms. The summed E-state index contributed by atoms with van der Waals surface area (Å²) < 4.78 is 23.5. The van der Waals surface area contributed by atoms with E-state index in [4.69, 9.17) is 9.05 Å². The van der Waals surface area contributed by atoms with E-state index in [1.165, 1.54) is 116 Å². The maximum Gasteiger partial charge on any atom is 0.472 e. The van der Waals surface area contributed by atoms with Gasteiger partial charge in [-0.2, -0.15) is 0 Å². The molecule has 0 rings (SSSR count). The van der Waals surface area contributed by atoms with Crippen LogP contribution in [-0.2, 0) is 18.4 Å². The molecule has 9 nitrogen and oxygen atoms in total. The average Bonchev–Trinajstić information content (AvgIpc) is 3.24. The van der Waals surface area contributed by atoms with Crippen molar-refractivity contribution in [2.75, 3.05) is 40.9 Å². The van der Waals surface area contributed by atoms with E-state index < -0.39 is 32.7 Å². The third kappa shape index (κ3) is 45.1. The number of hydrogen-bond acceptors (Lipinski definition) is 6. The number of carbonyl (C=O) groups excluding carboxylic acids is 1. The lowest BCUT2D eigenvalue weighted by Crippen LogP contribution is -2.51. The Morgan fingerprint density at radius 2 is 1.02 bits per heavy atom. The van der Waals surface area contributed by atoms with Gasteiger partial charge in [-0.15, -0.1) is 0 Å². The lowest BCUT2D eigenvalue weighted by molar-refractivity contribution is -0.870. The van der Waals surface area contributed by atoms with Gasteiger partial charge in [0.05, 0.1) is 39.9 Å². The summed E-state index contributed by atoms with van der Waals surface area (Å²) in [5, 5.41) is 24.7. The molecule has 368 valence electrons. The molecular formula is C53H100N2O7P+. The molecule has 63 heavy (non-hydrogen) atoms. The number of hydrogen-bond donors (Lipinski definition) is 4. The van der Waals surface area contributed by atoms with Crippen molar-refractivity contribution in [3.63, 3.8) is 0 Å². The molecule has 4 atom stereocenters. The molecule has 0 aromatic heterocycles. The number of nitrogens with one attached hydrogen (secondary N) is 1. The Labute approximate surface area is 388 Å². The normalized spacial score (nSPS) is 15.1. The lowest BCUT2D eigenvalue weighted by Gasteiger charge is -2.28. The minimum absolute atomic E-state index is 0.0108. The number of aliphatic hydroxyl groups is 2. The van der Waals surface area contributed by atoms with Crippen molar-refractivity contribution in [1.29, 1.82) is 0 Å². The predicted molar refractivity (Wildman–Crippen MR) is 269 cm³/mol. The van der Waals surface area contributed by atoms with Crippen molar-refractivity contribution in [2.45, 2.75) is 231 Å². The first-order chi connectivity index (χ1) is 30.4. The number of likely N-dealkylation sites (N-methyl/N-ethyl adjacent to an activating group) is 1. The summed E-state index contributed by atoms with van der Waals surface area (Å²) in [5.74, 6) is -0.276. The Kier molecular flexibility index (Phi) is 42.7. The topological polar surface area (TPSA) is 125 Å². The number of rotatable bonds is 46. The molecule has 0 saturated carbocycles. The maximum atomic E-state index is 13.0. The van der Waals surface area contributed by atoms with Crippen LogP contribution >= 0.6 is 7.82 Å². The largest absolute Gasteiger partial charge is 0.472 e. The fourth-order valence-electron chi connectivity index (χ4n) is 7.27. The summed E-state index contributed by atoms with van der Waals surface area (Å²) in [7, 11) is 1.40. The Balaban J connectivity index is 4.26. The SMILES string of the molecule is C/C=C/CC/C=C/CC/C=C/CCCC(O)C(O)C(COP(=O)(O)OCC[N+](C)(C)C)NC(=O)CCCCCCCCCCCCCCCCC/C=C\C/C=C\CCCCCCC. The standard InChI is InChI=1S/C53H99N2O7P/c1-6-8-10-12-14-16-18-20-21-22-23-24-25-26-27-28-29-30-31-32-33-34-36-38-40-42-44-46-52(57)54-50(49-62-63(59,60)61-48-47-55(3,4)5)53(58)51(56)45-43-41-39-37-35-19-17-15-13-11-9-7-2/h7,9,15,17-18,20,22-23,37,39,50-51,53,56,58H,6,8,10-14,16,19,21,24-36,38,40-49H2,1-5H3,(H-,54,57,59,60)/p+1/b9-7+,17-15+,20-18-,23-22-,39-37+. The molecule has 0 fully saturated rings. The highest BCUT2D eigenvalue weighted by molar-refractivity contribution is 7.47. The summed E-state index contributed by atoms with van der Waals surface area (Å²) >= 11 is 0. The molecule has 0 spiro atoms. The number of phosphoric acid groups is 1. The van der Waals surface area contributed by atoms with E-state index in [0.717, 1.165) is 64.2 Å². The van der Waals surface area contributed by atoms with Crippen LogP contribution in [0.3, 0.4) is 0 Å². The summed E-state index contributed by atoms with van der Waals surface area (Å²) in [6.07, 6.45) is 54.6. The zero-order valence-electron chi connectivity index (χ0n) is 41.4. The average molecular weight is 908 g/mol. The molecule has 0 aliphatic heterocycles. The molecule has 0 aliphatic rings. The van der Waals surface area contributed by atoms with Crippen LogP contribution in [0.1, 0.15) is 213 Å². The van der Waals surface area contributed by atoms with Crippen molar-refractivity contribution in [1.82, 2.24) is 5.32 Å². The van der Waals surface area contributed by atoms with Gasteiger partial charge in [-0.1, -0.05) is 177 Å². The smallest absolute Gasteiger partial charge is 0.390 e. The second-order valence-corrected chi connectivity index (χ2v) is 20.1. The number of quaternary nitrogens is 1. The van der Waals surface area contributed by atoms with Crippen LogP contribution in [0.4, 0.5) is 0 Å². The van der Waals surface area contributed by atoms with E-state index in [1.807, 2.05) is 28.1 Å². The highest BCUT2D eigenvalue weighted by Crippen LogP contribution is 2.43. The third-order valence-electron chi connectivity index (χ3n) is 11.4. The molecule has 0 aromatic carbocycles. The zero-order chi connectivity index (χ0) is 46.5. The van der Waals surface area contributed by atoms with E-state index in [-0.39, 0.29) is 18.9 Å². The number of aliphatic hydroxyl groups excluding tert-OH is 2. The van der Waals surface area contributed by atoms with E-state index in [9.17, 15) is 24.5 Å². The van der Waals surface area contributed by atoms with Gasteiger partial charge in [-0.3, -0.25) is 13.8 Å². The molecule has 0 aromatic rings. The molecular weight excluding hydrogens is 808 g/mol. The fraction of sp³-hybridized carbons (Fsp3) is 0.792. The number of amides is 1. The van der Waals surface area contributed by atoms with Gasteiger partial charge in [0, 0.05) is 6.42 Å². The van der Waals surface area contributed by atoms with Crippen LogP contribution in [0.25, 0.3) is 0 Å². The number of nitrogens with zero attached hydrogens (tertiary/aromatic N) is 1. The summed E-state index contributed by atoms with van der Waals surface area (Å²) in [6, 6.07) is -1.06. The number of phosphoric ester groups is 1. The first-order valence-corrected chi connectivity index (χ1v) is 27.2. The molecule has 0 radical (unpaired) electrons. The Morgan fingerprint density at radius 3 is 1.51 bits per heavy atom. The number of carbonyl (C=O) groups is 1. The fourth-order valence-corrected chi connectivity index (χ4v) is 8.01. The lowest BCUT2D eigenvalue weighted by atomic mass is 10.0. The van der Waals surface area contributed by atoms with Crippen molar-refractivity contribution in [3.8, 4) is 0 Å². The van der Waals surface area contributed by atoms with Crippen LogP contribution in [-0.4, -0.2) is 84.6 Å². The van der Waals surface area contributed by atoms with Crippen LogP contribution < -0.4 is 5.32 Å². The van der Waals surface area contributed by atoms with Crippen LogP contribution in [0.15, 0.2) is 60.8 Å². The molecule has 0 heterocycles. The van der Waals surface area contributed by atoms with Gasteiger partial charge in [0.15, 0.2) is 0 Å². The summed E-state index contributed by atoms with van der Waals surface area (Å²) in [5.41, 5.74) is 0. The number of unbranched alkanes of at least 4 members (excludes halogenated alkanes) is 23. The van der Waals surface area contributed by atoms with Gasteiger partial charge < -0.3 is 24.9 Å². The van der Waals surface area contributed by atoms with E-state index in [2.05, 4.69) is 73.0 Å². The second-order valence-electron chi connectivity index (χ2n) is 18.7. The molecule has 1 amide bonds. The summed E-state index contributed by atoms with van der Waals surface area (Å²) in [4.78, 5) is 23.2. The minimum Gasteiger partial charge on any atom is -0.390 e. The summed E-state index contributed by atoms with van der Waals surface area (Å²) in [6.45, 7) is 4.35. The quantitative estimate of drug-likeness (QED) is 0.0207. The first-order valence-electron chi connectivity index (χ1n) is 25.7. The van der Waals surface area contributed by atoms with Crippen molar-refractivity contribution in [2.24, 2.45) is 0 Å². The van der Waals surface area contributed by atoms with Crippen molar-refractivity contribution in [3.05, 3.63) is 60.8 Å². The van der Waals surface area contributed by atoms with Gasteiger partial charge in [0.1, 0.15) is 19.3 Å². The second kappa shape index (κ2) is 44.0. The highest BCUT2D eigenvalue weighted by Gasteiger charge is 2.31. The first kappa shape index (κ1) is 61.2. The highest BCUT2D eigenvalue weighted by atomic mass is 31.2. The molecule has 10 heteroatoms. The van der Waals surface area contributed by atoms with E-state index >= 15 is 0 Å². The van der Waals surface area contributed by atoms with E-state index in [1.54, 1.807) is 0 Å². The molecule has 0 saturated heterocycles. The Hall–Kier alpha value is -1.84. The minimum atomic E-state index is -4.43. The monoisotopic (exact) mass is 908 g/mol.